The minimum absolute atomic E-state index is 0.212. The van der Waals surface area contributed by atoms with Crippen molar-refractivity contribution in [3.63, 3.8) is 0 Å². The Bertz CT molecular complexity index is 505. The smallest absolute Gasteiger partial charge is 0.413 e. The minimum Gasteiger partial charge on any atom is -0.449 e. The summed E-state index contributed by atoms with van der Waals surface area (Å²) in [5, 5.41) is 14.8. The highest BCUT2D eigenvalue weighted by molar-refractivity contribution is 5.90. The van der Waals surface area contributed by atoms with E-state index in [1.807, 2.05) is 6.92 Å². The molecule has 0 aliphatic heterocycles. The van der Waals surface area contributed by atoms with E-state index in [9.17, 15) is 14.7 Å². The van der Waals surface area contributed by atoms with E-state index in [0.29, 0.717) is 24.4 Å². The summed E-state index contributed by atoms with van der Waals surface area (Å²) in [6.45, 7) is 4.24. The summed E-state index contributed by atoms with van der Waals surface area (Å²) in [5.41, 5.74) is 1.25. The lowest BCUT2D eigenvalue weighted by Gasteiger charge is -2.17. The fraction of sp³-hybridized carbons (Fsp3) is 0.500. The lowest BCUT2D eigenvalue weighted by atomic mass is 10.2. The summed E-state index contributed by atoms with van der Waals surface area (Å²) in [7, 11) is 1.61. The molecule has 0 saturated carbocycles. The van der Waals surface area contributed by atoms with Crippen molar-refractivity contribution in [3.8, 4) is 0 Å². The number of urea groups is 1. The molecule has 1 aromatic carbocycles. The Labute approximate surface area is 136 Å². The SMILES string of the molecule is CCCC(O)CNC(=O)Nc1ccc(N(C)C(=O)OCC)cc1. The highest BCUT2D eigenvalue weighted by Gasteiger charge is 2.11. The zero-order chi connectivity index (χ0) is 17.2. The normalized spacial score (nSPS) is 11.5. The fourth-order valence-electron chi connectivity index (χ4n) is 1.92. The van der Waals surface area contributed by atoms with E-state index in [1.165, 1.54) is 4.90 Å². The molecule has 0 bridgehead atoms. The van der Waals surface area contributed by atoms with Gasteiger partial charge in [0.15, 0.2) is 0 Å². The van der Waals surface area contributed by atoms with Crippen molar-refractivity contribution in [2.24, 2.45) is 0 Å². The van der Waals surface area contributed by atoms with E-state index in [2.05, 4.69) is 10.6 Å². The lowest BCUT2D eigenvalue weighted by molar-refractivity contribution is 0.161. The van der Waals surface area contributed by atoms with Gasteiger partial charge in [-0.15, -0.1) is 0 Å². The second kappa shape index (κ2) is 9.68. The average Bonchev–Trinajstić information content (AvgIpc) is 2.53. The number of ether oxygens (including phenoxy) is 1. The van der Waals surface area contributed by atoms with E-state index >= 15 is 0 Å². The van der Waals surface area contributed by atoms with Gasteiger partial charge in [-0.3, -0.25) is 4.90 Å². The van der Waals surface area contributed by atoms with Gasteiger partial charge < -0.3 is 20.5 Å². The van der Waals surface area contributed by atoms with Gasteiger partial charge in [-0.05, 0) is 37.6 Å². The average molecular weight is 323 g/mol. The van der Waals surface area contributed by atoms with Crippen LogP contribution in [-0.2, 0) is 4.74 Å². The first-order chi connectivity index (χ1) is 11.0. The number of rotatable bonds is 7. The van der Waals surface area contributed by atoms with Crippen molar-refractivity contribution >= 4 is 23.5 Å². The predicted molar refractivity (Wildman–Crippen MR) is 89.8 cm³/mol. The van der Waals surface area contributed by atoms with Crippen LogP contribution in [0, 0.1) is 0 Å². The highest BCUT2D eigenvalue weighted by Crippen LogP contribution is 2.17. The van der Waals surface area contributed by atoms with Crippen molar-refractivity contribution in [2.45, 2.75) is 32.8 Å². The third-order valence-electron chi connectivity index (χ3n) is 3.17. The summed E-state index contributed by atoms with van der Waals surface area (Å²) in [4.78, 5) is 24.7. The molecule has 128 valence electrons. The zero-order valence-corrected chi connectivity index (χ0v) is 13.8. The summed E-state index contributed by atoms with van der Waals surface area (Å²) in [6, 6.07) is 6.41. The molecule has 1 rings (SSSR count). The van der Waals surface area contributed by atoms with Crippen LogP contribution >= 0.6 is 0 Å². The molecular weight excluding hydrogens is 298 g/mol. The van der Waals surface area contributed by atoms with Crippen LogP contribution in [0.2, 0.25) is 0 Å². The molecule has 0 fully saturated rings. The van der Waals surface area contributed by atoms with Crippen molar-refractivity contribution in [3.05, 3.63) is 24.3 Å². The maximum absolute atomic E-state index is 11.7. The summed E-state index contributed by atoms with van der Waals surface area (Å²) in [6.07, 6.45) is 0.539. The van der Waals surface area contributed by atoms with E-state index in [1.54, 1.807) is 38.2 Å². The van der Waals surface area contributed by atoms with Crippen LogP contribution in [0.1, 0.15) is 26.7 Å². The topological polar surface area (TPSA) is 90.9 Å². The van der Waals surface area contributed by atoms with Gasteiger partial charge >= 0.3 is 12.1 Å². The molecule has 7 heteroatoms. The molecule has 0 spiro atoms. The number of carbonyl (C=O) groups excluding carboxylic acids is 2. The van der Waals surface area contributed by atoms with Gasteiger partial charge in [-0.1, -0.05) is 13.3 Å². The monoisotopic (exact) mass is 323 g/mol. The van der Waals surface area contributed by atoms with Crippen molar-refractivity contribution in [1.29, 1.82) is 0 Å². The second-order valence-corrected chi connectivity index (χ2v) is 5.08. The Morgan fingerprint density at radius 1 is 1.26 bits per heavy atom. The number of nitrogens with zero attached hydrogens (tertiary/aromatic N) is 1. The number of hydrogen-bond acceptors (Lipinski definition) is 4. The summed E-state index contributed by atoms with van der Waals surface area (Å²) in [5.74, 6) is 0. The number of nitrogens with one attached hydrogen (secondary N) is 2. The molecule has 0 heterocycles. The van der Waals surface area contributed by atoms with Crippen molar-refractivity contribution < 1.29 is 19.4 Å². The lowest BCUT2D eigenvalue weighted by Crippen LogP contribution is -2.35. The second-order valence-electron chi connectivity index (χ2n) is 5.08. The molecule has 0 radical (unpaired) electrons. The molecule has 23 heavy (non-hydrogen) atoms. The van der Waals surface area contributed by atoms with Crippen molar-refractivity contribution in [1.82, 2.24) is 5.32 Å². The van der Waals surface area contributed by atoms with Crippen LogP contribution < -0.4 is 15.5 Å². The van der Waals surface area contributed by atoms with Gasteiger partial charge in [-0.25, -0.2) is 9.59 Å². The Kier molecular flexibility index (Phi) is 7.90. The van der Waals surface area contributed by atoms with Crippen molar-refractivity contribution in [2.75, 3.05) is 30.4 Å². The number of aliphatic hydroxyl groups is 1. The molecule has 3 N–H and O–H groups in total. The molecular formula is C16H25N3O4. The number of hydrogen-bond donors (Lipinski definition) is 3. The predicted octanol–water partition coefficient (Wildman–Crippen LogP) is 2.56. The first-order valence-corrected chi connectivity index (χ1v) is 7.71. The van der Waals surface area contributed by atoms with Crippen LogP contribution in [0.25, 0.3) is 0 Å². The third kappa shape index (κ3) is 6.56. The number of carbonyl (C=O) groups is 2. The van der Waals surface area contributed by atoms with Gasteiger partial charge in [0.1, 0.15) is 0 Å². The maximum atomic E-state index is 11.7. The molecule has 0 saturated heterocycles. The van der Waals surface area contributed by atoms with Crippen LogP contribution in [0.4, 0.5) is 21.0 Å². The van der Waals surface area contributed by atoms with Crippen LogP contribution in [0.3, 0.4) is 0 Å². The Balaban J connectivity index is 2.50. The molecule has 3 amide bonds. The van der Waals surface area contributed by atoms with E-state index in [4.69, 9.17) is 4.74 Å². The van der Waals surface area contributed by atoms with E-state index in [0.717, 1.165) is 6.42 Å². The van der Waals surface area contributed by atoms with Gasteiger partial charge in [-0.2, -0.15) is 0 Å². The number of benzene rings is 1. The van der Waals surface area contributed by atoms with E-state index in [-0.39, 0.29) is 12.6 Å². The zero-order valence-electron chi connectivity index (χ0n) is 13.8. The van der Waals surface area contributed by atoms with Crippen LogP contribution in [0.15, 0.2) is 24.3 Å². The van der Waals surface area contributed by atoms with Crippen LogP contribution in [-0.4, -0.2) is 43.5 Å². The quantitative estimate of drug-likeness (QED) is 0.719. The third-order valence-corrected chi connectivity index (χ3v) is 3.17. The Morgan fingerprint density at radius 3 is 2.48 bits per heavy atom. The van der Waals surface area contributed by atoms with E-state index < -0.39 is 12.2 Å². The molecule has 0 aliphatic carbocycles. The molecule has 1 unspecified atom stereocenters. The Hall–Kier alpha value is -2.28. The standard InChI is InChI=1S/C16H25N3O4/c1-4-6-14(20)11-17-15(21)18-12-7-9-13(10-8-12)19(3)16(22)23-5-2/h7-10,14,20H,4-6,11H2,1-3H3,(H2,17,18,21). The van der Waals surface area contributed by atoms with Gasteiger partial charge in [0.2, 0.25) is 0 Å². The maximum Gasteiger partial charge on any atom is 0.413 e. The molecule has 0 aliphatic rings. The minimum atomic E-state index is -0.536. The first kappa shape index (κ1) is 18.8. The highest BCUT2D eigenvalue weighted by atomic mass is 16.6. The first-order valence-electron chi connectivity index (χ1n) is 7.71. The number of aliphatic hydroxyl groups excluding tert-OH is 1. The summed E-state index contributed by atoms with van der Waals surface area (Å²) >= 11 is 0. The number of anilines is 2. The molecule has 1 aromatic rings. The van der Waals surface area contributed by atoms with Gasteiger partial charge in [0.25, 0.3) is 0 Å². The Morgan fingerprint density at radius 2 is 1.91 bits per heavy atom. The summed E-state index contributed by atoms with van der Waals surface area (Å²) < 4.78 is 4.91. The van der Waals surface area contributed by atoms with Crippen LogP contribution in [0.5, 0.6) is 0 Å². The largest absolute Gasteiger partial charge is 0.449 e. The van der Waals surface area contributed by atoms with Gasteiger partial charge in [0, 0.05) is 25.0 Å². The molecule has 7 nitrogen and oxygen atoms in total. The number of amides is 3. The van der Waals surface area contributed by atoms with Gasteiger partial charge in [0.05, 0.1) is 12.7 Å². The molecule has 0 aromatic heterocycles. The molecule has 1 atom stereocenters. The fourth-order valence-corrected chi connectivity index (χ4v) is 1.92.